The number of nitrogens with zero attached hydrogens (tertiary/aromatic N) is 2. The molecule has 0 aliphatic rings. The molecule has 0 radical (unpaired) electrons. The number of phenolic OH excluding ortho intramolecular Hbond substituents is 1. The van der Waals surface area contributed by atoms with Gasteiger partial charge in [0.15, 0.2) is 0 Å². The van der Waals surface area contributed by atoms with Gasteiger partial charge in [-0.05, 0) is 42.0 Å². The van der Waals surface area contributed by atoms with Gasteiger partial charge in [0, 0.05) is 11.8 Å². The van der Waals surface area contributed by atoms with Crippen molar-refractivity contribution in [1.82, 2.24) is 4.98 Å². The number of carbonyl (C=O) groups excluding carboxylic acids is 2. The highest BCUT2D eigenvalue weighted by Gasteiger charge is 2.17. The first-order chi connectivity index (χ1) is 13.6. The standard InChI is InChI=1S/C21H19N3O4/c1-28-21(27)24(17-5-4-12-22-13-17)14-15-8-10-16(11-9-15)20(26)23-18-6-2-3-7-19(18)25/h2-13,25H,14H2,1H3,(H,23,26). The van der Waals surface area contributed by atoms with Gasteiger partial charge in [-0.15, -0.1) is 0 Å². The predicted octanol–water partition coefficient (Wildman–Crippen LogP) is 3.81. The van der Waals surface area contributed by atoms with Crippen molar-refractivity contribution in [1.29, 1.82) is 0 Å². The fourth-order valence-corrected chi connectivity index (χ4v) is 2.60. The number of methoxy groups -OCH3 is 1. The molecule has 7 nitrogen and oxygen atoms in total. The van der Waals surface area contributed by atoms with E-state index in [4.69, 9.17) is 4.74 Å². The molecule has 3 rings (SSSR count). The summed E-state index contributed by atoms with van der Waals surface area (Å²) in [7, 11) is 1.32. The number of benzene rings is 2. The maximum atomic E-state index is 12.4. The molecule has 0 saturated heterocycles. The number of para-hydroxylation sites is 2. The van der Waals surface area contributed by atoms with Crippen LogP contribution in [0.3, 0.4) is 0 Å². The summed E-state index contributed by atoms with van der Waals surface area (Å²) in [4.78, 5) is 29.9. The van der Waals surface area contributed by atoms with Crippen molar-refractivity contribution in [3.05, 3.63) is 84.2 Å². The smallest absolute Gasteiger partial charge is 0.414 e. The first kappa shape index (κ1) is 18.9. The summed E-state index contributed by atoms with van der Waals surface area (Å²) in [5, 5.41) is 12.4. The number of carbonyl (C=O) groups is 2. The SMILES string of the molecule is COC(=O)N(Cc1ccc(C(=O)Nc2ccccc2O)cc1)c1cccnc1. The lowest BCUT2D eigenvalue weighted by atomic mass is 10.1. The number of anilines is 2. The Bertz CT molecular complexity index is 959. The van der Waals surface area contributed by atoms with Gasteiger partial charge >= 0.3 is 6.09 Å². The molecule has 3 aromatic rings. The summed E-state index contributed by atoms with van der Waals surface area (Å²) in [5.41, 5.74) is 2.19. The Morgan fingerprint density at radius 1 is 1.07 bits per heavy atom. The zero-order valence-electron chi connectivity index (χ0n) is 15.2. The maximum Gasteiger partial charge on any atom is 0.414 e. The van der Waals surface area contributed by atoms with Gasteiger partial charge in [0.1, 0.15) is 5.75 Å². The molecule has 0 spiro atoms. The number of aromatic nitrogens is 1. The molecule has 1 heterocycles. The number of aromatic hydroxyl groups is 1. The second-order valence-electron chi connectivity index (χ2n) is 5.94. The summed E-state index contributed by atoms with van der Waals surface area (Å²) < 4.78 is 4.85. The van der Waals surface area contributed by atoms with Crippen LogP contribution >= 0.6 is 0 Å². The molecular weight excluding hydrogens is 358 g/mol. The van der Waals surface area contributed by atoms with E-state index in [9.17, 15) is 14.7 Å². The second-order valence-corrected chi connectivity index (χ2v) is 5.94. The zero-order valence-corrected chi connectivity index (χ0v) is 15.2. The van der Waals surface area contributed by atoms with Gasteiger partial charge in [0.2, 0.25) is 0 Å². The van der Waals surface area contributed by atoms with Crippen LogP contribution in [0.1, 0.15) is 15.9 Å². The van der Waals surface area contributed by atoms with Crippen molar-refractivity contribution in [2.75, 3.05) is 17.3 Å². The molecule has 1 aromatic heterocycles. The lowest BCUT2D eigenvalue weighted by molar-refractivity contribution is 0.102. The summed E-state index contributed by atoms with van der Waals surface area (Å²) in [6.07, 6.45) is 2.69. The zero-order chi connectivity index (χ0) is 19.9. The summed E-state index contributed by atoms with van der Waals surface area (Å²) in [5.74, 6) is -0.345. The molecule has 0 atom stereocenters. The largest absolute Gasteiger partial charge is 0.506 e. The van der Waals surface area contributed by atoms with Gasteiger partial charge in [-0.1, -0.05) is 24.3 Å². The minimum Gasteiger partial charge on any atom is -0.506 e. The molecule has 2 aromatic carbocycles. The third kappa shape index (κ3) is 4.45. The van der Waals surface area contributed by atoms with Crippen molar-refractivity contribution in [2.24, 2.45) is 0 Å². The lowest BCUT2D eigenvalue weighted by Crippen LogP contribution is -2.30. The molecule has 0 aliphatic carbocycles. The number of pyridine rings is 1. The second kappa shape index (κ2) is 8.68. The van der Waals surface area contributed by atoms with E-state index in [0.29, 0.717) is 16.9 Å². The van der Waals surface area contributed by atoms with Gasteiger partial charge < -0.3 is 15.2 Å². The summed E-state index contributed by atoms with van der Waals surface area (Å²) in [6.45, 7) is 0.264. The number of nitrogens with one attached hydrogen (secondary N) is 1. The number of ether oxygens (including phenoxy) is 1. The van der Waals surface area contributed by atoms with Crippen molar-refractivity contribution >= 4 is 23.4 Å². The highest BCUT2D eigenvalue weighted by atomic mass is 16.5. The minimum atomic E-state index is -0.505. The molecule has 142 valence electrons. The number of amides is 2. The Labute approximate surface area is 162 Å². The summed E-state index contributed by atoms with van der Waals surface area (Å²) in [6, 6.07) is 16.8. The van der Waals surface area contributed by atoms with Gasteiger partial charge in [-0.3, -0.25) is 14.7 Å². The molecule has 0 bridgehead atoms. The minimum absolute atomic E-state index is 0.00217. The molecular formula is C21H19N3O4. The van der Waals surface area contributed by atoms with E-state index in [2.05, 4.69) is 10.3 Å². The Morgan fingerprint density at radius 3 is 2.46 bits per heavy atom. The monoisotopic (exact) mass is 377 g/mol. The fourth-order valence-electron chi connectivity index (χ4n) is 2.60. The first-order valence-electron chi connectivity index (χ1n) is 8.52. The van der Waals surface area contributed by atoms with Crippen LogP contribution < -0.4 is 10.2 Å². The Balaban J connectivity index is 1.73. The molecule has 7 heteroatoms. The molecule has 2 amide bonds. The number of phenols is 1. The van der Waals surface area contributed by atoms with Crippen molar-refractivity contribution < 1.29 is 19.4 Å². The van der Waals surface area contributed by atoms with Crippen molar-refractivity contribution in [2.45, 2.75) is 6.54 Å². The van der Waals surface area contributed by atoms with Crippen LogP contribution in [-0.2, 0) is 11.3 Å². The third-order valence-electron chi connectivity index (χ3n) is 4.06. The highest BCUT2D eigenvalue weighted by molar-refractivity contribution is 6.05. The van der Waals surface area contributed by atoms with Gasteiger partial charge in [0.05, 0.1) is 31.2 Å². The van der Waals surface area contributed by atoms with Crippen LogP contribution in [0, 0.1) is 0 Å². The predicted molar refractivity (Wildman–Crippen MR) is 105 cm³/mol. The normalized spacial score (nSPS) is 10.2. The van der Waals surface area contributed by atoms with E-state index in [1.54, 1.807) is 67.0 Å². The van der Waals surface area contributed by atoms with Gasteiger partial charge in [-0.25, -0.2) is 4.79 Å². The number of rotatable bonds is 5. The molecule has 0 fully saturated rings. The molecule has 0 saturated carbocycles. The Kier molecular flexibility index (Phi) is 5.86. The Morgan fingerprint density at radius 2 is 1.82 bits per heavy atom. The van der Waals surface area contributed by atoms with E-state index in [1.165, 1.54) is 18.1 Å². The number of hydrogen-bond acceptors (Lipinski definition) is 5. The van der Waals surface area contributed by atoms with Crippen molar-refractivity contribution in [3.63, 3.8) is 0 Å². The quantitative estimate of drug-likeness (QED) is 0.660. The van der Waals surface area contributed by atoms with Crippen LogP contribution in [0.4, 0.5) is 16.2 Å². The summed E-state index contributed by atoms with van der Waals surface area (Å²) >= 11 is 0. The molecule has 0 unspecified atom stereocenters. The highest BCUT2D eigenvalue weighted by Crippen LogP contribution is 2.22. The van der Waals surface area contributed by atoms with Crippen LogP contribution in [0.5, 0.6) is 5.75 Å². The van der Waals surface area contributed by atoms with E-state index >= 15 is 0 Å². The molecule has 0 aliphatic heterocycles. The van der Waals surface area contributed by atoms with E-state index in [1.807, 2.05) is 0 Å². The average Bonchev–Trinajstić information content (AvgIpc) is 2.74. The van der Waals surface area contributed by atoms with Crippen LogP contribution in [-0.4, -0.2) is 29.2 Å². The molecule has 28 heavy (non-hydrogen) atoms. The van der Waals surface area contributed by atoms with E-state index in [0.717, 1.165) is 5.56 Å². The Hall–Kier alpha value is -3.87. The fraction of sp³-hybridized carbons (Fsp3) is 0.0952. The third-order valence-corrected chi connectivity index (χ3v) is 4.06. The van der Waals surface area contributed by atoms with Crippen molar-refractivity contribution in [3.8, 4) is 5.75 Å². The van der Waals surface area contributed by atoms with E-state index < -0.39 is 6.09 Å². The van der Waals surface area contributed by atoms with Crippen LogP contribution in [0.2, 0.25) is 0 Å². The number of hydrogen-bond donors (Lipinski definition) is 2. The maximum absolute atomic E-state index is 12.4. The topological polar surface area (TPSA) is 91.8 Å². The average molecular weight is 377 g/mol. The van der Waals surface area contributed by atoms with E-state index in [-0.39, 0.29) is 18.2 Å². The van der Waals surface area contributed by atoms with Crippen LogP contribution in [0.15, 0.2) is 73.1 Å². The lowest BCUT2D eigenvalue weighted by Gasteiger charge is -2.21. The first-order valence-corrected chi connectivity index (χ1v) is 8.52. The van der Waals surface area contributed by atoms with Crippen LogP contribution in [0.25, 0.3) is 0 Å². The molecule has 2 N–H and O–H groups in total. The van der Waals surface area contributed by atoms with Gasteiger partial charge in [-0.2, -0.15) is 0 Å². The van der Waals surface area contributed by atoms with Gasteiger partial charge in [0.25, 0.3) is 5.91 Å².